The summed E-state index contributed by atoms with van der Waals surface area (Å²) in [7, 11) is 1.89. The average molecular weight is 357 g/mol. The second-order valence-electron chi connectivity index (χ2n) is 8.20. The van der Waals surface area contributed by atoms with Gasteiger partial charge in [0, 0.05) is 19.5 Å². The Morgan fingerprint density at radius 1 is 1.42 bits per heavy atom. The second-order valence-corrected chi connectivity index (χ2v) is 8.20. The Morgan fingerprint density at radius 3 is 2.62 bits per heavy atom. The molecule has 0 aliphatic carbocycles. The number of halogens is 1. The molecule has 1 amide bonds. The van der Waals surface area contributed by atoms with E-state index in [-0.39, 0.29) is 23.7 Å². The van der Waals surface area contributed by atoms with Crippen LogP contribution in [0.4, 0.5) is 5.82 Å². The first-order valence-corrected chi connectivity index (χ1v) is 8.78. The standard InChI is InChI=1S/C18H32N4O.ClH/c1-13(14-6-8-19-9-7-14)10-17(23)20-16-11-15(21-22(16)5)12-18(2,3)4;/h11,13-14,19H,6-10,12H2,1-5H3,(H,20,23);1H. The fraction of sp³-hybridized carbons (Fsp3) is 0.778. The van der Waals surface area contributed by atoms with Crippen molar-refractivity contribution < 1.29 is 4.79 Å². The van der Waals surface area contributed by atoms with Gasteiger partial charge in [-0.1, -0.05) is 27.7 Å². The molecule has 1 fully saturated rings. The Hall–Kier alpha value is -1.07. The lowest BCUT2D eigenvalue weighted by atomic mass is 9.84. The number of piperidine rings is 1. The largest absolute Gasteiger partial charge is 0.317 e. The van der Waals surface area contributed by atoms with Gasteiger partial charge < -0.3 is 10.6 Å². The predicted molar refractivity (Wildman–Crippen MR) is 102 cm³/mol. The highest BCUT2D eigenvalue weighted by atomic mass is 35.5. The lowest BCUT2D eigenvalue weighted by molar-refractivity contribution is -0.117. The van der Waals surface area contributed by atoms with Gasteiger partial charge in [-0.2, -0.15) is 5.10 Å². The summed E-state index contributed by atoms with van der Waals surface area (Å²) in [5, 5.41) is 10.9. The van der Waals surface area contributed by atoms with Crippen molar-refractivity contribution in [2.45, 2.75) is 53.4 Å². The zero-order valence-electron chi connectivity index (χ0n) is 15.7. The minimum Gasteiger partial charge on any atom is -0.317 e. The molecule has 5 nitrogen and oxygen atoms in total. The summed E-state index contributed by atoms with van der Waals surface area (Å²) in [4.78, 5) is 12.3. The maximum Gasteiger partial charge on any atom is 0.225 e. The summed E-state index contributed by atoms with van der Waals surface area (Å²) in [5.41, 5.74) is 1.22. The minimum atomic E-state index is 0. The van der Waals surface area contributed by atoms with Crippen LogP contribution >= 0.6 is 12.4 Å². The van der Waals surface area contributed by atoms with E-state index in [1.165, 1.54) is 12.8 Å². The number of nitrogens with zero attached hydrogens (tertiary/aromatic N) is 2. The van der Waals surface area contributed by atoms with Crippen LogP contribution in [0.2, 0.25) is 0 Å². The van der Waals surface area contributed by atoms with Crippen LogP contribution in [-0.4, -0.2) is 28.8 Å². The molecule has 2 rings (SSSR count). The van der Waals surface area contributed by atoms with Crippen LogP contribution in [0.3, 0.4) is 0 Å². The zero-order valence-corrected chi connectivity index (χ0v) is 16.5. The number of anilines is 1. The van der Waals surface area contributed by atoms with E-state index in [2.05, 4.69) is 43.4 Å². The van der Waals surface area contributed by atoms with Crippen LogP contribution in [0.25, 0.3) is 0 Å². The Balaban J connectivity index is 0.00000288. The molecule has 1 aliphatic rings. The molecule has 6 heteroatoms. The number of aromatic nitrogens is 2. The molecule has 1 unspecified atom stereocenters. The van der Waals surface area contributed by atoms with Crippen molar-refractivity contribution in [3.8, 4) is 0 Å². The van der Waals surface area contributed by atoms with E-state index in [0.717, 1.165) is 31.0 Å². The van der Waals surface area contributed by atoms with Crippen molar-refractivity contribution >= 4 is 24.1 Å². The van der Waals surface area contributed by atoms with Crippen LogP contribution < -0.4 is 10.6 Å². The average Bonchev–Trinajstić information content (AvgIpc) is 2.77. The van der Waals surface area contributed by atoms with Gasteiger partial charge in [0.25, 0.3) is 0 Å². The summed E-state index contributed by atoms with van der Waals surface area (Å²) in [6.45, 7) is 10.9. The minimum absolute atomic E-state index is 0. The van der Waals surface area contributed by atoms with Crippen LogP contribution in [0.15, 0.2) is 6.07 Å². The lowest BCUT2D eigenvalue weighted by Gasteiger charge is -2.27. The number of carbonyl (C=O) groups is 1. The zero-order chi connectivity index (χ0) is 17.0. The first-order valence-electron chi connectivity index (χ1n) is 8.78. The van der Waals surface area contributed by atoms with Crippen molar-refractivity contribution in [2.75, 3.05) is 18.4 Å². The topological polar surface area (TPSA) is 59.0 Å². The molecule has 0 radical (unpaired) electrons. The molecule has 0 bridgehead atoms. The molecule has 0 saturated carbocycles. The summed E-state index contributed by atoms with van der Waals surface area (Å²) in [6, 6.07) is 2.00. The van der Waals surface area contributed by atoms with Gasteiger partial charge in [-0.05, 0) is 49.6 Å². The Labute approximate surface area is 152 Å². The summed E-state index contributed by atoms with van der Waals surface area (Å²) in [6.07, 6.45) is 3.85. The highest BCUT2D eigenvalue weighted by Crippen LogP contribution is 2.25. The summed E-state index contributed by atoms with van der Waals surface area (Å²) >= 11 is 0. The molecule has 1 saturated heterocycles. The third kappa shape index (κ3) is 6.44. The van der Waals surface area contributed by atoms with Gasteiger partial charge in [-0.25, -0.2) is 0 Å². The number of hydrogen-bond donors (Lipinski definition) is 2. The molecule has 1 atom stereocenters. The molecular formula is C18H33ClN4O. The van der Waals surface area contributed by atoms with Gasteiger partial charge in [0.1, 0.15) is 5.82 Å². The monoisotopic (exact) mass is 356 g/mol. The number of carbonyl (C=O) groups excluding carboxylic acids is 1. The van der Waals surface area contributed by atoms with Crippen LogP contribution in [0.1, 0.15) is 52.7 Å². The third-order valence-electron chi connectivity index (χ3n) is 4.61. The molecule has 0 aromatic carbocycles. The Morgan fingerprint density at radius 2 is 2.04 bits per heavy atom. The highest BCUT2D eigenvalue weighted by molar-refractivity contribution is 5.90. The first-order chi connectivity index (χ1) is 10.7. The molecule has 138 valence electrons. The van der Waals surface area contributed by atoms with Gasteiger partial charge in [0.2, 0.25) is 5.91 Å². The molecule has 0 spiro atoms. The lowest BCUT2D eigenvalue weighted by Crippen LogP contribution is -2.32. The van der Waals surface area contributed by atoms with Gasteiger partial charge in [0.05, 0.1) is 5.69 Å². The van der Waals surface area contributed by atoms with Crippen LogP contribution in [0.5, 0.6) is 0 Å². The molecule has 1 aromatic heterocycles. The number of hydrogen-bond acceptors (Lipinski definition) is 3. The molecule has 2 N–H and O–H groups in total. The Kier molecular flexibility index (Phi) is 7.74. The summed E-state index contributed by atoms with van der Waals surface area (Å²) < 4.78 is 1.77. The van der Waals surface area contributed by atoms with E-state index in [1.807, 2.05) is 13.1 Å². The van der Waals surface area contributed by atoms with Crippen LogP contribution in [-0.2, 0) is 18.3 Å². The SMILES string of the molecule is CC(CC(=O)Nc1cc(CC(C)(C)C)nn1C)C1CCNCC1.Cl. The number of rotatable bonds is 5. The van der Waals surface area contributed by atoms with E-state index in [0.29, 0.717) is 18.3 Å². The predicted octanol–water partition coefficient (Wildman–Crippen LogP) is 3.39. The number of aryl methyl sites for hydroxylation is 1. The van der Waals surface area contributed by atoms with Gasteiger partial charge >= 0.3 is 0 Å². The quantitative estimate of drug-likeness (QED) is 0.850. The molecule has 1 aliphatic heterocycles. The van der Waals surface area contributed by atoms with Crippen molar-refractivity contribution in [3.05, 3.63) is 11.8 Å². The van der Waals surface area contributed by atoms with E-state index in [9.17, 15) is 4.79 Å². The Bertz CT molecular complexity index is 530. The molecule has 1 aromatic rings. The van der Waals surface area contributed by atoms with E-state index in [4.69, 9.17) is 0 Å². The fourth-order valence-corrected chi connectivity index (χ4v) is 3.34. The third-order valence-corrected chi connectivity index (χ3v) is 4.61. The van der Waals surface area contributed by atoms with Crippen molar-refractivity contribution in [1.29, 1.82) is 0 Å². The van der Waals surface area contributed by atoms with Crippen LogP contribution in [0, 0.1) is 17.3 Å². The molecular weight excluding hydrogens is 324 g/mol. The van der Waals surface area contributed by atoms with E-state index in [1.54, 1.807) is 4.68 Å². The van der Waals surface area contributed by atoms with E-state index >= 15 is 0 Å². The molecule has 24 heavy (non-hydrogen) atoms. The summed E-state index contributed by atoms with van der Waals surface area (Å²) in [5.74, 6) is 1.98. The smallest absolute Gasteiger partial charge is 0.225 e. The number of amides is 1. The number of nitrogens with one attached hydrogen (secondary N) is 2. The maximum atomic E-state index is 12.3. The fourth-order valence-electron chi connectivity index (χ4n) is 3.34. The van der Waals surface area contributed by atoms with Gasteiger partial charge in [0.15, 0.2) is 0 Å². The normalized spacial score (nSPS) is 17.2. The maximum absolute atomic E-state index is 12.3. The second kappa shape index (κ2) is 8.86. The van der Waals surface area contributed by atoms with Gasteiger partial charge in [-0.3, -0.25) is 9.48 Å². The van der Waals surface area contributed by atoms with Crippen molar-refractivity contribution in [2.24, 2.45) is 24.3 Å². The van der Waals surface area contributed by atoms with Crippen molar-refractivity contribution in [1.82, 2.24) is 15.1 Å². The van der Waals surface area contributed by atoms with Gasteiger partial charge in [-0.15, -0.1) is 12.4 Å². The highest BCUT2D eigenvalue weighted by Gasteiger charge is 2.22. The first kappa shape index (κ1) is 21.0. The molecule has 2 heterocycles. The van der Waals surface area contributed by atoms with Crippen molar-refractivity contribution in [3.63, 3.8) is 0 Å². The van der Waals surface area contributed by atoms with E-state index < -0.39 is 0 Å².